The van der Waals surface area contributed by atoms with E-state index in [4.69, 9.17) is 37.9 Å². The smallest absolute Gasteiger partial charge is 0.311 e. The Bertz CT molecular complexity index is 1270. The number of carbonyl (C=O) groups excluding carboxylic acids is 3. The minimum Gasteiger partial charge on any atom is -0.463 e. The Hall–Kier alpha value is -2.11. The largest absolute Gasteiger partial charge is 0.463 e. The Morgan fingerprint density at radius 3 is 1.82 bits per heavy atom. The summed E-state index contributed by atoms with van der Waals surface area (Å²) in [6.45, 7) is 8.40. The van der Waals surface area contributed by atoms with Crippen LogP contribution in [0.3, 0.4) is 0 Å². The summed E-state index contributed by atoms with van der Waals surface area (Å²) < 4.78 is 45.9. The third-order valence-electron chi connectivity index (χ3n) is 11.4. The second-order valence-electron chi connectivity index (χ2n) is 16.5. The van der Waals surface area contributed by atoms with Crippen molar-refractivity contribution in [1.82, 2.24) is 0 Å². The van der Waals surface area contributed by atoms with Crippen molar-refractivity contribution in [2.75, 3.05) is 6.61 Å². The molecule has 60 heavy (non-hydrogen) atoms. The topological polar surface area (TPSA) is 287 Å². The van der Waals surface area contributed by atoms with Gasteiger partial charge in [-0.25, -0.2) is 0 Å². The van der Waals surface area contributed by atoms with Crippen LogP contribution >= 0.6 is 0 Å². The van der Waals surface area contributed by atoms with Crippen LogP contribution in [0.15, 0.2) is 0 Å². The molecule has 0 aromatic carbocycles. The maximum Gasteiger partial charge on any atom is 0.311 e. The third kappa shape index (κ3) is 15.6. The van der Waals surface area contributed by atoms with Gasteiger partial charge in [-0.3, -0.25) is 14.4 Å². The molecule has 3 aliphatic heterocycles. The second-order valence-corrected chi connectivity index (χ2v) is 16.5. The first-order valence-corrected chi connectivity index (χ1v) is 21.6. The van der Waals surface area contributed by atoms with Crippen LogP contribution in [0.2, 0.25) is 0 Å². The summed E-state index contributed by atoms with van der Waals surface area (Å²) in [6.07, 6.45) is -15.1. The molecule has 0 spiro atoms. The zero-order chi connectivity index (χ0) is 44.7. The van der Waals surface area contributed by atoms with E-state index in [1.807, 2.05) is 0 Å². The number of aliphatic hydroxyl groups excluding tert-OH is 8. The Morgan fingerprint density at radius 1 is 0.617 bits per heavy atom. The predicted molar refractivity (Wildman–Crippen MR) is 208 cm³/mol. The zero-order valence-corrected chi connectivity index (χ0v) is 35.9. The van der Waals surface area contributed by atoms with Crippen molar-refractivity contribution in [1.29, 1.82) is 0 Å². The fourth-order valence-electron chi connectivity index (χ4n) is 7.32. The van der Waals surface area contributed by atoms with E-state index in [0.717, 1.165) is 71.1 Å². The molecule has 0 aromatic heterocycles. The standard InChI is InChI=1S/C41H72O19/c1-7-8-14-17-26(44)18-15-12-10-9-11-13-16-19-28(45)57-37-36(60-40-33(50)31(48)29(46)23(4)54-40)34(58-38(51)21(2)22(3)42)24(5)55-41(37)59-35-32(49)30(47)27(56-39(35)52)20-53-25(6)43/h21-24,26-27,29-37,39-42,44,46-50,52H,7-20H2,1-6H3/t21-,22-,23+,24+,26+,27-,29+,30-,31-,32+,33-,34+,35-,36-,37-,39?,40+,41+/m1/s1. The van der Waals surface area contributed by atoms with Crippen LogP contribution < -0.4 is 0 Å². The molecule has 3 rings (SSSR count). The lowest BCUT2D eigenvalue weighted by Crippen LogP contribution is -2.67. The summed E-state index contributed by atoms with van der Waals surface area (Å²) in [4.78, 5) is 38.2. The normalized spacial score (nSPS) is 36.2. The van der Waals surface area contributed by atoms with Crippen molar-refractivity contribution < 1.29 is 93.1 Å². The quantitative estimate of drug-likeness (QED) is 0.0375. The average Bonchev–Trinajstić information content (AvgIpc) is 3.19. The first kappa shape index (κ1) is 52.2. The van der Waals surface area contributed by atoms with Crippen LogP contribution in [0.25, 0.3) is 0 Å². The molecule has 19 nitrogen and oxygen atoms in total. The van der Waals surface area contributed by atoms with Crippen molar-refractivity contribution in [3.63, 3.8) is 0 Å². The van der Waals surface area contributed by atoms with E-state index < -0.39 is 129 Å². The molecule has 0 bridgehead atoms. The van der Waals surface area contributed by atoms with E-state index >= 15 is 0 Å². The number of ether oxygens (including phenoxy) is 8. The Kier molecular flexibility index (Phi) is 22.5. The van der Waals surface area contributed by atoms with E-state index in [0.29, 0.717) is 12.8 Å². The highest BCUT2D eigenvalue weighted by molar-refractivity contribution is 5.73. The minimum absolute atomic E-state index is 0.0855. The van der Waals surface area contributed by atoms with Crippen LogP contribution in [0, 0.1) is 5.92 Å². The summed E-state index contributed by atoms with van der Waals surface area (Å²) in [5.74, 6) is -3.41. The van der Waals surface area contributed by atoms with E-state index in [1.54, 1.807) is 0 Å². The lowest BCUT2D eigenvalue weighted by molar-refractivity contribution is -0.379. The van der Waals surface area contributed by atoms with Gasteiger partial charge >= 0.3 is 17.9 Å². The van der Waals surface area contributed by atoms with Crippen LogP contribution in [-0.2, 0) is 52.3 Å². The molecule has 0 amide bonds. The van der Waals surface area contributed by atoms with Gasteiger partial charge in [0.15, 0.2) is 31.1 Å². The van der Waals surface area contributed by atoms with Gasteiger partial charge in [-0.05, 0) is 47.0 Å². The maximum absolute atomic E-state index is 13.6. The summed E-state index contributed by atoms with van der Waals surface area (Å²) in [7, 11) is 0. The van der Waals surface area contributed by atoms with E-state index in [2.05, 4.69) is 6.92 Å². The highest BCUT2D eigenvalue weighted by Crippen LogP contribution is 2.35. The molecule has 0 radical (unpaired) electrons. The fraction of sp³-hybridized carbons (Fsp3) is 0.927. The van der Waals surface area contributed by atoms with Crippen LogP contribution in [0.4, 0.5) is 0 Å². The SMILES string of the molecule is CCCCC[C@H](O)CCCCCCCCCC(=O)O[C@H]1[C@H](O[C@H]2C(O)O[C@H](COC(C)=O)[C@@H](O)[C@@H]2O)O[C@@H](C)[C@H](OC(=O)[C@H](C)[C@@H](C)O)[C@H]1O[C@@H]1O[C@@H](C)[C@H](O)[C@@H](O)[C@H]1O. The number of rotatable bonds is 24. The molecule has 18 atom stereocenters. The molecule has 0 aliphatic carbocycles. The first-order valence-electron chi connectivity index (χ1n) is 21.6. The van der Waals surface area contributed by atoms with Crippen molar-refractivity contribution in [3.8, 4) is 0 Å². The highest BCUT2D eigenvalue weighted by Gasteiger charge is 2.56. The maximum atomic E-state index is 13.6. The second kappa shape index (κ2) is 25.9. The summed E-state index contributed by atoms with van der Waals surface area (Å²) in [5, 5.41) is 84.9. The molecule has 8 N–H and O–H groups in total. The number of carbonyl (C=O) groups is 3. The number of aliphatic hydroxyl groups is 8. The molecule has 3 aliphatic rings. The van der Waals surface area contributed by atoms with Gasteiger partial charge in [0, 0.05) is 13.3 Å². The van der Waals surface area contributed by atoms with Crippen molar-refractivity contribution in [2.45, 2.75) is 229 Å². The van der Waals surface area contributed by atoms with E-state index in [1.165, 1.54) is 27.7 Å². The number of hydrogen-bond donors (Lipinski definition) is 8. The van der Waals surface area contributed by atoms with Crippen LogP contribution in [-0.4, -0.2) is 170 Å². The van der Waals surface area contributed by atoms with Crippen LogP contribution in [0.5, 0.6) is 0 Å². The molecule has 3 heterocycles. The summed E-state index contributed by atoms with van der Waals surface area (Å²) >= 11 is 0. The van der Waals surface area contributed by atoms with Crippen molar-refractivity contribution >= 4 is 17.9 Å². The third-order valence-corrected chi connectivity index (χ3v) is 11.4. The van der Waals surface area contributed by atoms with Crippen molar-refractivity contribution in [2.24, 2.45) is 5.92 Å². The lowest BCUT2D eigenvalue weighted by Gasteiger charge is -2.49. The molecular formula is C41H72O19. The van der Waals surface area contributed by atoms with Gasteiger partial charge < -0.3 is 78.7 Å². The zero-order valence-electron chi connectivity index (χ0n) is 35.9. The van der Waals surface area contributed by atoms with Gasteiger partial charge in [0.1, 0.15) is 55.4 Å². The molecule has 3 saturated heterocycles. The summed E-state index contributed by atoms with van der Waals surface area (Å²) in [5.41, 5.74) is 0. The average molecular weight is 869 g/mol. The van der Waals surface area contributed by atoms with E-state index in [9.17, 15) is 55.2 Å². The first-order chi connectivity index (χ1) is 28.4. The number of esters is 3. The fourth-order valence-corrected chi connectivity index (χ4v) is 7.32. The molecule has 3 fully saturated rings. The molecular weight excluding hydrogens is 796 g/mol. The van der Waals surface area contributed by atoms with E-state index in [-0.39, 0.29) is 12.5 Å². The van der Waals surface area contributed by atoms with Crippen molar-refractivity contribution in [3.05, 3.63) is 0 Å². The van der Waals surface area contributed by atoms with Crippen LogP contribution in [0.1, 0.15) is 125 Å². The molecule has 19 heteroatoms. The van der Waals surface area contributed by atoms with Gasteiger partial charge in [-0.1, -0.05) is 64.7 Å². The van der Waals surface area contributed by atoms with Gasteiger partial charge in [-0.2, -0.15) is 0 Å². The Morgan fingerprint density at radius 2 is 1.20 bits per heavy atom. The number of hydrogen-bond acceptors (Lipinski definition) is 19. The Labute approximate surface area is 352 Å². The molecule has 350 valence electrons. The predicted octanol–water partition coefficient (Wildman–Crippen LogP) is 0.624. The summed E-state index contributed by atoms with van der Waals surface area (Å²) in [6, 6.07) is 0. The Balaban J connectivity index is 1.81. The minimum atomic E-state index is -1.95. The van der Waals surface area contributed by atoms with Gasteiger partial charge in [0.2, 0.25) is 0 Å². The van der Waals surface area contributed by atoms with Gasteiger partial charge in [0.05, 0.1) is 30.3 Å². The lowest BCUT2D eigenvalue weighted by atomic mass is 9.96. The number of unbranched alkanes of at least 4 members (excludes halogenated alkanes) is 8. The molecule has 0 saturated carbocycles. The van der Waals surface area contributed by atoms with Gasteiger partial charge in [-0.15, -0.1) is 0 Å². The monoisotopic (exact) mass is 868 g/mol. The molecule has 1 unspecified atom stereocenters. The molecule has 0 aromatic rings. The van der Waals surface area contributed by atoms with Gasteiger partial charge in [0.25, 0.3) is 0 Å². The highest BCUT2D eigenvalue weighted by atomic mass is 16.8.